The Hall–Kier alpha value is -1.82. The third-order valence-corrected chi connectivity index (χ3v) is 3.77. The van der Waals surface area contributed by atoms with E-state index in [4.69, 9.17) is 9.47 Å². The van der Waals surface area contributed by atoms with E-state index in [1.165, 1.54) is 11.8 Å². The van der Waals surface area contributed by atoms with Crippen LogP contribution in [0.2, 0.25) is 0 Å². The van der Waals surface area contributed by atoms with E-state index in [0.29, 0.717) is 13.0 Å². The number of allylic oxidation sites excluding steroid dienone is 1. The average molecular weight is 295 g/mol. The van der Waals surface area contributed by atoms with E-state index in [0.717, 1.165) is 11.1 Å². The Morgan fingerprint density at radius 1 is 1.52 bits per heavy atom. The van der Waals surface area contributed by atoms with Gasteiger partial charge in [0, 0.05) is 13.5 Å². The molecule has 3 atom stereocenters. The van der Waals surface area contributed by atoms with Crippen molar-refractivity contribution in [1.29, 1.82) is 0 Å². The Morgan fingerprint density at radius 3 is 2.81 bits per heavy atom. The van der Waals surface area contributed by atoms with Gasteiger partial charge in [0.15, 0.2) is 6.10 Å². The summed E-state index contributed by atoms with van der Waals surface area (Å²) in [5.41, 5.74) is 1.60. The number of fused-ring (bicyclic) bond motifs is 1. The zero-order chi connectivity index (χ0) is 15.6. The maximum atomic E-state index is 12.0. The predicted molar refractivity (Wildman–Crippen MR) is 75.5 cm³/mol. The van der Waals surface area contributed by atoms with Crippen LogP contribution < -0.4 is 0 Å². The van der Waals surface area contributed by atoms with Gasteiger partial charge in [-0.2, -0.15) is 0 Å². The van der Waals surface area contributed by atoms with Crippen molar-refractivity contribution in [3.63, 3.8) is 0 Å². The molecule has 0 aromatic rings. The molecular weight excluding hydrogens is 274 g/mol. The first kappa shape index (κ1) is 15.6. The quantitative estimate of drug-likeness (QED) is 0.779. The molecule has 1 fully saturated rings. The molecule has 0 aromatic carbocycles. The molecule has 1 amide bonds. The van der Waals surface area contributed by atoms with Gasteiger partial charge in [-0.3, -0.25) is 9.69 Å². The fraction of sp³-hybridized carbons (Fsp3) is 0.600. The third kappa shape index (κ3) is 2.81. The van der Waals surface area contributed by atoms with Crippen LogP contribution in [0, 0.1) is 0 Å². The predicted octanol–water partition coefficient (Wildman–Crippen LogP) is 1.40. The number of ether oxygens (including phenoxy) is 2. The molecule has 1 N–H and O–H groups in total. The maximum absolute atomic E-state index is 12.0. The highest BCUT2D eigenvalue weighted by Crippen LogP contribution is 2.39. The van der Waals surface area contributed by atoms with Crippen LogP contribution in [0.5, 0.6) is 0 Å². The lowest BCUT2D eigenvalue weighted by Crippen LogP contribution is -2.49. The second kappa shape index (κ2) is 6.30. The lowest BCUT2D eigenvalue weighted by Gasteiger charge is -2.33. The molecule has 0 spiro atoms. The summed E-state index contributed by atoms with van der Waals surface area (Å²) in [6.07, 6.45) is 2.32. The molecule has 1 aliphatic carbocycles. The minimum absolute atomic E-state index is 0.279. The average Bonchev–Trinajstić information content (AvgIpc) is 2.71. The molecule has 0 unspecified atom stereocenters. The standard InChI is InChI=1S/C15H21NO5/c1-4-10-11-7-6-8-16(15(19)20-5-2)12(11)13(18)14(10)21-9(3)17/h4,7,12-14,18H,5-6,8H2,1-3H3/b10-4+/t12-,13-,14-/m0/s1. The second-order valence-corrected chi connectivity index (χ2v) is 5.05. The molecule has 1 saturated carbocycles. The van der Waals surface area contributed by atoms with E-state index in [1.54, 1.807) is 6.92 Å². The number of carbonyl (C=O) groups is 2. The van der Waals surface area contributed by atoms with Crippen molar-refractivity contribution in [3.05, 3.63) is 23.3 Å². The van der Waals surface area contributed by atoms with Crippen molar-refractivity contribution in [2.45, 2.75) is 45.4 Å². The first-order valence-electron chi connectivity index (χ1n) is 7.16. The highest BCUT2D eigenvalue weighted by Gasteiger charge is 2.49. The van der Waals surface area contributed by atoms with Gasteiger partial charge in [-0.1, -0.05) is 12.2 Å². The molecule has 2 rings (SSSR count). The summed E-state index contributed by atoms with van der Waals surface area (Å²) in [4.78, 5) is 24.8. The third-order valence-electron chi connectivity index (χ3n) is 3.77. The van der Waals surface area contributed by atoms with Gasteiger partial charge in [0.25, 0.3) is 0 Å². The number of aliphatic hydroxyl groups excluding tert-OH is 1. The second-order valence-electron chi connectivity index (χ2n) is 5.05. The van der Waals surface area contributed by atoms with E-state index < -0.39 is 30.3 Å². The number of rotatable bonds is 2. The monoisotopic (exact) mass is 295 g/mol. The van der Waals surface area contributed by atoms with Gasteiger partial charge in [0.1, 0.15) is 6.10 Å². The van der Waals surface area contributed by atoms with Crippen LogP contribution in [0.3, 0.4) is 0 Å². The summed E-state index contributed by atoms with van der Waals surface area (Å²) in [7, 11) is 0. The maximum Gasteiger partial charge on any atom is 0.410 e. The summed E-state index contributed by atoms with van der Waals surface area (Å²) in [6, 6.07) is -0.520. The van der Waals surface area contributed by atoms with Crippen molar-refractivity contribution in [2.75, 3.05) is 13.2 Å². The van der Waals surface area contributed by atoms with Gasteiger partial charge in [0.05, 0.1) is 12.6 Å². The highest BCUT2D eigenvalue weighted by molar-refractivity contribution is 5.71. The van der Waals surface area contributed by atoms with Crippen molar-refractivity contribution in [3.8, 4) is 0 Å². The van der Waals surface area contributed by atoms with Crippen molar-refractivity contribution < 1.29 is 24.2 Å². The number of nitrogens with zero attached hydrogens (tertiary/aromatic N) is 1. The van der Waals surface area contributed by atoms with Crippen LogP contribution in [0.4, 0.5) is 4.79 Å². The number of esters is 1. The Bertz CT molecular complexity index is 496. The van der Waals surface area contributed by atoms with E-state index in [9.17, 15) is 14.7 Å². The first-order valence-corrected chi connectivity index (χ1v) is 7.16. The number of aliphatic hydroxyl groups is 1. The zero-order valence-electron chi connectivity index (χ0n) is 12.5. The van der Waals surface area contributed by atoms with E-state index >= 15 is 0 Å². The lowest BCUT2D eigenvalue weighted by molar-refractivity contribution is -0.149. The van der Waals surface area contributed by atoms with Gasteiger partial charge < -0.3 is 14.6 Å². The zero-order valence-corrected chi connectivity index (χ0v) is 12.5. The normalized spacial score (nSPS) is 29.9. The SMILES string of the molecule is C/C=C1\C2=CCCN(C(=O)OCC)[C@@H]2[C@H](O)[C@H]1OC(C)=O. The lowest BCUT2D eigenvalue weighted by atomic mass is 10.00. The molecule has 1 heterocycles. The summed E-state index contributed by atoms with van der Waals surface area (Å²) in [5.74, 6) is -0.458. The van der Waals surface area contributed by atoms with Crippen molar-refractivity contribution in [1.82, 2.24) is 4.90 Å². The number of amides is 1. The molecular formula is C15H21NO5. The van der Waals surface area contributed by atoms with Crippen molar-refractivity contribution in [2.24, 2.45) is 0 Å². The fourth-order valence-corrected chi connectivity index (χ4v) is 3.01. The van der Waals surface area contributed by atoms with Gasteiger partial charge in [-0.15, -0.1) is 0 Å². The Kier molecular flexibility index (Phi) is 4.67. The van der Waals surface area contributed by atoms with Crippen LogP contribution in [0.25, 0.3) is 0 Å². The van der Waals surface area contributed by atoms with E-state index in [2.05, 4.69) is 0 Å². The van der Waals surface area contributed by atoms with Crippen LogP contribution >= 0.6 is 0 Å². The summed E-state index contributed by atoms with van der Waals surface area (Å²) < 4.78 is 10.3. The number of carbonyl (C=O) groups excluding carboxylic acids is 2. The Balaban J connectivity index is 2.32. The minimum atomic E-state index is -0.976. The Morgan fingerprint density at radius 2 is 2.24 bits per heavy atom. The molecule has 21 heavy (non-hydrogen) atoms. The van der Waals surface area contributed by atoms with Crippen LogP contribution in [-0.4, -0.2) is 53.5 Å². The smallest absolute Gasteiger partial charge is 0.410 e. The molecule has 2 aliphatic rings. The fourth-order valence-electron chi connectivity index (χ4n) is 3.01. The first-order chi connectivity index (χ1) is 10.0. The van der Waals surface area contributed by atoms with E-state index in [-0.39, 0.29) is 6.61 Å². The van der Waals surface area contributed by atoms with Crippen molar-refractivity contribution >= 4 is 12.1 Å². The summed E-state index contributed by atoms with van der Waals surface area (Å²) >= 11 is 0. The van der Waals surface area contributed by atoms with Gasteiger partial charge in [0.2, 0.25) is 0 Å². The van der Waals surface area contributed by atoms with Crippen LogP contribution in [0.15, 0.2) is 23.3 Å². The largest absolute Gasteiger partial charge is 0.455 e. The van der Waals surface area contributed by atoms with Crippen LogP contribution in [-0.2, 0) is 14.3 Å². The van der Waals surface area contributed by atoms with Gasteiger partial charge in [-0.05, 0) is 31.4 Å². The minimum Gasteiger partial charge on any atom is -0.455 e. The topological polar surface area (TPSA) is 76.1 Å². The molecule has 0 aromatic heterocycles. The molecule has 6 heteroatoms. The summed E-state index contributed by atoms with van der Waals surface area (Å²) in [6.45, 7) is 5.63. The summed E-state index contributed by atoms with van der Waals surface area (Å²) in [5, 5.41) is 10.5. The molecule has 116 valence electrons. The highest BCUT2D eigenvalue weighted by atomic mass is 16.6. The van der Waals surface area contributed by atoms with E-state index in [1.807, 2.05) is 19.1 Å². The molecule has 0 bridgehead atoms. The molecule has 6 nitrogen and oxygen atoms in total. The van der Waals surface area contributed by atoms with Gasteiger partial charge >= 0.3 is 12.1 Å². The molecule has 1 aliphatic heterocycles. The molecule has 0 saturated heterocycles. The van der Waals surface area contributed by atoms with Crippen LogP contribution in [0.1, 0.15) is 27.2 Å². The Labute approximate surface area is 124 Å². The number of hydrogen-bond donors (Lipinski definition) is 1. The van der Waals surface area contributed by atoms with Gasteiger partial charge in [-0.25, -0.2) is 4.79 Å². The number of hydrogen-bond acceptors (Lipinski definition) is 5. The molecule has 0 radical (unpaired) electrons.